The smallest absolute Gasteiger partial charge is 0.318 e. The average molecular weight is 547 g/mol. The molecule has 0 spiro atoms. The lowest BCUT2D eigenvalue weighted by Crippen LogP contribution is -2.55. The predicted octanol–water partition coefficient (Wildman–Crippen LogP) is 4.32. The van der Waals surface area contributed by atoms with Crippen molar-refractivity contribution in [3.05, 3.63) is 94.4 Å². The largest absolute Gasteiger partial charge is 0.489 e. The number of rotatable bonds is 9. The summed E-state index contributed by atoms with van der Waals surface area (Å²) in [4.78, 5) is 40.6. The van der Waals surface area contributed by atoms with Crippen LogP contribution >= 0.6 is 11.8 Å². The lowest BCUT2D eigenvalue weighted by molar-refractivity contribution is -0.118. The topological polar surface area (TPSA) is 92.7 Å². The molecule has 9 heteroatoms. The number of urea groups is 1. The number of piperidine rings is 1. The van der Waals surface area contributed by atoms with Crippen molar-refractivity contribution < 1.29 is 14.3 Å². The predicted molar refractivity (Wildman–Crippen MR) is 154 cm³/mol. The molecule has 2 aromatic carbocycles. The summed E-state index contributed by atoms with van der Waals surface area (Å²) in [6, 6.07) is 21.7. The Morgan fingerprint density at radius 1 is 1.00 bits per heavy atom. The highest BCUT2D eigenvalue weighted by atomic mass is 32.2. The number of benzene rings is 2. The Kier molecular flexibility index (Phi) is 8.56. The maximum Gasteiger partial charge on any atom is 0.318 e. The van der Waals surface area contributed by atoms with E-state index >= 15 is 0 Å². The van der Waals surface area contributed by atoms with Crippen LogP contribution in [0.4, 0.5) is 10.5 Å². The van der Waals surface area contributed by atoms with Crippen LogP contribution in [0.15, 0.2) is 77.6 Å². The molecule has 3 heterocycles. The van der Waals surface area contributed by atoms with Gasteiger partial charge in [-0.2, -0.15) is 11.8 Å². The first kappa shape index (κ1) is 26.9. The summed E-state index contributed by atoms with van der Waals surface area (Å²) < 4.78 is 7.68. The van der Waals surface area contributed by atoms with Gasteiger partial charge < -0.3 is 24.8 Å². The van der Waals surface area contributed by atoms with E-state index in [1.165, 1.54) is 0 Å². The van der Waals surface area contributed by atoms with Gasteiger partial charge in [0.15, 0.2) is 0 Å². The molecule has 2 aliphatic heterocycles. The van der Waals surface area contributed by atoms with Crippen LogP contribution in [0.3, 0.4) is 0 Å². The van der Waals surface area contributed by atoms with E-state index < -0.39 is 6.04 Å². The van der Waals surface area contributed by atoms with E-state index in [0.717, 1.165) is 23.4 Å². The van der Waals surface area contributed by atoms with E-state index in [-0.39, 0.29) is 29.3 Å². The Morgan fingerprint density at radius 3 is 2.56 bits per heavy atom. The summed E-state index contributed by atoms with van der Waals surface area (Å²) in [5.74, 6) is 1.56. The second-order valence-electron chi connectivity index (χ2n) is 10.2. The van der Waals surface area contributed by atoms with Crippen molar-refractivity contribution >= 4 is 29.4 Å². The first-order valence-electron chi connectivity index (χ1n) is 13.3. The van der Waals surface area contributed by atoms with E-state index in [4.69, 9.17) is 4.74 Å². The molecule has 5 rings (SSSR count). The van der Waals surface area contributed by atoms with Crippen LogP contribution in [0.25, 0.3) is 0 Å². The van der Waals surface area contributed by atoms with E-state index in [2.05, 4.69) is 10.6 Å². The van der Waals surface area contributed by atoms with Gasteiger partial charge in [-0.3, -0.25) is 9.59 Å². The second-order valence-corrected chi connectivity index (χ2v) is 11.2. The molecule has 0 saturated carbocycles. The number of nitrogens with one attached hydrogen (secondary N) is 2. The number of thioether (sulfide) groups is 1. The number of fused-ring (bicyclic) bond motifs is 4. The molecule has 3 amide bonds. The molecule has 2 aliphatic rings. The van der Waals surface area contributed by atoms with Gasteiger partial charge in [-0.15, -0.1) is 0 Å². The Labute approximate surface area is 232 Å². The number of pyridine rings is 1. The Bertz CT molecular complexity index is 1350. The van der Waals surface area contributed by atoms with Crippen molar-refractivity contribution in [2.24, 2.45) is 5.92 Å². The van der Waals surface area contributed by atoms with E-state index in [0.29, 0.717) is 44.1 Å². The summed E-state index contributed by atoms with van der Waals surface area (Å²) in [5, 5.41) is 5.93. The van der Waals surface area contributed by atoms with Crippen molar-refractivity contribution in [1.82, 2.24) is 14.8 Å². The third-order valence-corrected chi connectivity index (χ3v) is 8.01. The maximum absolute atomic E-state index is 13.3. The SMILES string of the molecule is CSCC[C@H](NC(=O)N1C[C@H]2C[C@@H](C1)c1cccc(=O)n1C2)C(=O)Nc1ccc(OCc2ccccc2)cc1. The number of hydrogen-bond donors (Lipinski definition) is 2. The van der Waals surface area contributed by atoms with Gasteiger partial charge in [0.25, 0.3) is 5.56 Å². The van der Waals surface area contributed by atoms with Crippen LogP contribution in [-0.4, -0.2) is 52.5 Å². The summed E-state index contributed by atoms with van der Waals surface area (Å²) in [6.45, 7) is 2.20. The minimum atomic E-state index is -0.657. The minimum Gasteiger partial charge on any atom is -0.489 e. The highest BCUT2D eigenvalue weighted by molar-refractivity contribution is 7.98. The van der Waals surface area contributed by atoms with Crippen molar-refractivity contribution in [3.8, 4) is 5.75 Å². The fraction of sp³-hybridized carbons (Fsp3) is 0.367. The number of amides is 3. The van der Waals surface area contributed by atoms with Gasteiger partial charge in [-0.25, -0.2) is 4.79 Å². The van der Waals surface area contributed by atoms with Crippen LogP contribution in [0.1, 0.15) is 30.0 Å². The molecule has 1 saturated heterocycles. The zero-order valence-electron chi connectivity index (χ0n) is 22.0. The molecule has 0 aliphatic carbocycles. The van der Waals surface area contributed by atoms with Crippen molar-refractivity contribution in [1.29, 1.82) is 0 Å². The summed E-state index contributed by atoms with van der Waals surface area (Å²) >= 11 is 1.64. The summed E-state index contributed by atoms with van der Waals surface area (Å²) in [6.07, 6.45) is 3.47. The molecule has 204 valence electrons. The highest BCUT2D eigenvalue weighted by Crippen LogP contribution is 2.35. The van der Waals surface area contributed by atoms with Gasteiger partial charge in [0.05, 0.1) is 0 Å². The lowest BCUT2D eigenvalue weighted by atomic mass is 9.83. The second kappa shape index (κ2) is 12.4. The Morgan fingerprint density at radius 2 is 1.79 bits per heavy atom. The first-order chi connectivity index (χ1) is 19.0. The summed E-state index contributed by atoms with van der Waals surface area (Å²) in [5.41, 5.74) is 2.73. The standard InChI is InChI=1S/C30H34N4O4S/c1-39-15-14-26(29(36)31-24-10-12-25(13-11-24)38-20-21-6-3-2-4-7-21)32-30(37)33-17-22-16-23(19-33)27-8-5-9-28(35)34(27)18-22/h2-13,22-23,26H,14-20H2,1H3,(H,31,36)(H,32,37)/t22-,23+,26+/m1/s1. The van der Waals surface area contributed by atoms with Gasteiger partial charge in [-0.05, 0) is 66.7 Å². The number of anilines is 1. The van der Waals surface area contributed by atoms with Crippen LogP contribution in [0.2, 0.25) is 0 Å². The van der Waals surface area contributed by atoms with Crippen LogP contribution in [0.5, 0.6) is 5.75 Å². The summed E-state index contributed by atoms with van der Waals surface area (Å²) in [7, 11) is 0. The molecule has 3 atom stereocenters. The van der Waals surface area contributed by atoms with Crippen molar-refractivity contribution in [3.63, 3.8) is 0 Å². The number of aromatic nitrogens is 1. The van der Waals surface area contributed by atoms with Crippen LogP contribution < -0.4 is 20.9 Å². The van der Waals surface area contributed by atoms with Gasteiger partial charge in [0.1, 0.15) is 18.4 Å². The minimum absolute atomic E-state index is 0.0182. The third-order valence-electron chi connectivity index (χ3n) is 7.36. The molecule has 8 nitrogen and oxygen atoms in total. The molecular weight excluding hydrogens is 512 g/mol. The quantitative estimate of drug-likeness (QED) is 0.417. The molecule has 3 aromatic rings. The van der Waals surface area contributed by atoms with E-state index in [1.807, 2.05) is 59.4 Å². The maximum atomic E-state index is 13.3. The average Bonchev–Trinajstić information content (AvgIpc) is 2.95. The first-order valence-corrected chi connectivity index (χ1v) is 14.7. The zero-order valence-corrected chi connectivity index (χ0v) is 22.9. The monoisotopic (exact) mass is 546 g/mol. The Balaban J connectivity index is 1.19. The normalized spacial score (nSPS) is 18.5. The number of carbonyl (C=O) groups excluding carboxylic acids is 2. The molecular formula is C30H34N4O4S. The highest BCUT2D eigenvalue weighted by Gasteiger charge is 2.37. The van der Waals surface area contributed by atoms with Gasteiger partial charge in [-0.1, -0.05) is 36.4 Å². The molecule has 1 aromatic heterocycles. The number of likely N-dealkylation sites (tertiary alicyclic amines) is 1. The number of nitrogens with zero attached hydrogens (tertiary/aromatic N) is 2. The number of hydrogen-bond acceptors (Lipinski definition) is 5. The van der Waals surface area contributed by atoms with Gasteiger partial charge in [0.2, 0.25) is 5.91 Å². The third kappa shape index (κ3) is 6.65. The molecule has 2 N–H and O–H groups in total. The van der Waals surface area contributed by atoms with Gasteiger partial charge in [0, 0.05) is 43.0 Å². The number of ether oxygens (including phenoxy) is 1. The molecule has 0 unspecified atom stereocenters. The van der Waals surface area contributed by atoms with Crippen molar-refractivity contribution in [2.75, 3.05) is 30.4 Å². The van der Waals surface area contributed by atoms with Gasteiger partial charge >= 0.3 is 6.03 Å². The van der Waals surface area contributed by atoms with E-state index in [9.17, 15) is 14.4 Å². The molecule has 0 radical (unpaired) electrons. The fourth-order valence-corrected chi connectivity index (χ4v) is 5.88. The molecule has 1 fully saturated rings. The van der Waals surface area contributed by atoms with Crippen LogP contribution in [-0.2, 0) is 17.9 Å². The Hall–Kier alpha value is -3.72. The zero-order chi connectivity index (χ0) is 27.2. The molecule has 2 bridgehead atoms. The lowest BCUT2D eigenvalue weighted by Gasteiger charge is -2.43. The van der Waals surface area contributed by atoms with E-state index in [1.54, 1.807) is 40.9 Å². The van der Waals surface area contributed by atoms with Crippen molar-refractivity contribution in [2.45, 2.75) is 38.0 Å². The number of carbonyl (C=O) groups is 2. The van der Waals surface area contributed by atoms with Crippen LogP contribution in [0, 0.1) is 5.92 Å². The molecule has 39 heavy (non-hydrogen) atoms. The fourth-order valence-electron chi connectivity index (χ4n) is 5.41.